The van der Waals surface area contributed by atoms with Crippen molar-refractivity contribution in [1.82, 2.24) is 0 Å². The molecular weight excluding hydrogens is 376 g/mol. The van der Waals surface area contributed by atoms with E-state index in [4.69, 9.17) is 26.5 Å². The van der Waals surface area contributed by atoms with Crippen LogP contribution >= 0.6 is 11.6 Å². The lowest BCUT2D eigenvalue weighted by Gasteiger charge is -2.50. The van der Waals surface area contributed by atoms with E-state index in [2.05, 4.69) is 18.2 Å². The molecule has 0 radical (unpaired) electrons. The van der Waals surface area contributed by atoms with Gasteiger partial charge in [0.2, 0.25) is 17.1 Å². The molecule has 2 bridgehead atoms. The smallest absolute Gasteiger partial charge is 0.217 e. The van der Waals surface area contributed by atoms with Gasteiger partial charge in [0.25, 0.3) is 0 Å². The van der Waals surface area contributed by atoms with E-state index in [1.165, 1.54) is 0 Å². The molecule has 3 aliphatic rings. The molecule has 142 valence electrons. The highest BCUT2D eigenvalue weighted by Crippen LogP contribution is 2.68. The summed E-state index contributed by atoms with van der Waals surface area (Å²) < 4.78 is 12.4. The first-order valence-electron chi connectivity index (χ1n) is 9.45. The number of nitrogens with one attached hydrogen (secondary N) is 1. The van der Waals surface area contributed by atoms with E-state index in [1.807, 2.05) is 0 Å². The molecule has 7 heteroatoms. The first-order chi connectivity index (χ1) is 13.5. The fourth-order valence-electron chi connectivity index (χ4n) is 5.18. The van der Waals surface area contributed by atoms with E-state index < -0.39 is 28.6 Å². The second-order valence-corrected chi connectivity index (χ2v) is 8.19. The highest BCUT2D eigenvalue weighted by atomic mass is 35.5. The largest absolute Gasteiger partial charge is 0.447 e. The van der Waals surface area contributed by atoms with E-state index in [0.717, 1.165) is 25.7 Å². The summed E-state index contributed by atoms with van der Waals surface area (Å²) >= 11 is 6.15. The minimum atomic E-state index is -1.91. The van der Waals surface area contributed by atoms with Crippen LogP contribution in [0, 0.1) is 56.2 Å². The summed E-state index contributed by atoms with van der Waals surface area (Å²) in [5, 5.41) is 39.7. The zero-order valence-electron chi connectivity index (χ0n) is 15.2. The predicted molar refractivity (Wildman–Crippen MR) is 99.7 cm³/mol. The van der Waals surface area contributed by atoms with Crippen LogP contribution in [0.3, 0.4) is 0 Å². The molecule has 2 aliphatic heterocycles. The van der Waals surface area contributed by atoms with Crippen molar-refractivity contribution in [3.05, 3.63) is 34.9 Å². The van der Waals surface area contributed by atoms with E-state index >= 15 is 0 Å². The number of benzene rings is 1. The second-order valence-electron chi connectivity index (χ2n) is 7.75. The molecule has 1 aromatic carbocycles. The first kappa shape index (κ1) is 18.8. The zero-order chi connectivity index (χ0) is 20.0. The summed E-state index contributed by atoms with van der Waals surface area (Å²) in [5.74, 6) is -2.03. The van der Waals surface area contributed by atoms with Crippen molar-refractivity contribution in [2.24, 2.45) is 16.7 Å². The summed E-state index contributed by atoms with van der Waals surface area (Å²) in [5.41, 5.74) is -3.06. The number of nitrogens with zero attached hydrogens (tertiary/aromatic N) is 3. The Morgan fingerprint density at radius 3 is 2.50 bits per heavy atom. The molecule has 2 saturated heterocycles. The van der Waals surface area contributed by atoms with Gasteiger partial charge in [-0.25, -0.2) is 0 Å². The third-order valence-corrected chi connectivity index (χ3v) is 6.70. The average molecular weight is 395 g/mol. The summed E-state index contributed by atoms with van der Waals surface area (Å²) in [7, 11) is 0. The van der Waals surface area contributed by atoms with Crippen LogP contribution in [0.4, 0.5) is 0 Å². The van der Waals surface area contributed by atoms with Crippen LogP contribution in [0.15, 0.2) is 24.3 Å². The molecule has 1 saturated carbocycles. The molecule has 28 heavy (non-hydrogen) atoms. The Morgan fingerprint density at radius 2 is 1.82 bits per heavy atom. The molecule has 0 spiro atoms. The van der Waals surface area contributed by atoms with Gasteiger partial charge in [0, 0.05) is 11.4 Å². The maximum atomic E-state index is 10.3. The van der Waals surface area contributed by atoms with Crippen molar-refractivity contribution in [1.29, 1.82) is 21.2 Å². The van der Waals surface area contributed by atoms with Crippen molar-refractivity contribution in [2.75, 3.05) is 0 Å². The van der Waals surface area contributed by atoms with Gasteiger partial charge in [-0.2, -0.15) is 15.8 Å². The first-order valence-corrected chi connectivity index (χ1v) is 9.82. The monoisotopic (exact) mass is 394 g/mol. The molecule has 6 nitrogen and oxygen atoms in total. The van der Waals surface area contributed by atoms with Crippen molar-refractivity contribution >= 4 is 17.5 Å². The van der Waals surface area contributed by atoms with Gasteiger partial charge in [0.05, 0.1) is 24.1 Å². The van der Waals surface area contributed by atoms with E-state index in [1.54, 1.807) is 24.3 Å². The highest BCUT2D eigenvalue weighted by molar-refractivity contribution is 6.30. The van der Waals surface area contributed by atoms with Gasteiger partial charge in [-0.1, -0.05) is 43.0 Å². The SMILES string of the molecule is N#CC1(C#N)C(c2cccc(Cl)c2)OC23CCCCCCC2C1(C#N)C(=N)O3. The summed E-state index contributed by atoms with van der Waals surface area (Å²) in [6.07, 6.45) is 3.74. The zero-order valence-corrected chi connectivity index (χ0v) is 16.0. The van der Waals surface area contributed by atoms with Crippen LogP contribution in [0.2, 0.25) is 5.02 Å². The van der Waals surface area contributed by atoms with Crippen LogP contribution in [0.5, 0.6) is 0 Å². The highest BCUT2D eigenvalue weighted by Gasteiger charge is 2.79. The van der Waals surface area contributed by atoms with Crippen LogP contribution in [0.1, 0.15) is 50.2 Å². The van der Waals surface area contributed by atoms with Gasteiger partial charge in [0.15, 0.2) is 5.41 Å². The van der Waals surface area contributed by atoms with Crippen molar-refractivity contribution < 1.29 is 9.47 Å². The van der Waals surface area contributed by atoms with Gasteiger partial charge < -0.3 is 9.47 Å². The fraction of sp³-hybridized carbons (Fsp3) is 0.524. The number of nitriles is 3. The Kier molecular flexibility index (Phi) is 4.35. The number of ether oxygens (including phenoxy) is 2. The maximum absolute atomic E-state index is 10.3. The van der Waals surface area contributed by atoms with E-state index in [9.17, 15) is 15.8 Å². The molecule has 1 aliphatic carbocycles. The minimum absolute atomic E-state index is 0.325. The maximum Gasteiger partial charge on any atom is 0.217 e. The molecule has 0 aromatic heterocycles. The van der Waals surface area contributed by atoms with Gasteiger partial charge >= 0.3 is 0 Å². The Labute approximate surface area is 168 Å². The van der Waals surface area contributed by atoms with E-state index in [0.29, 0.717) is 23.4 Å². The summed E-state index contributed by atoms with van der Waals surface area (Å²) in [6.45, 7) is 0. The summed E-state index contributed by atoms with van der Waals surface area (Å²) in [6, 6.07) is 13.1. The van der Waals surface area contributed by atoms with Gasteiger partial charge in [-0.15, -0.1) is 0 Å². The molecule has 3 fully saturated rings. The van der Waals surface area contributed by atoms with Gasteiger partial charge in [0.1, 0.15) is 6.10 Å². The van der Waals surface area contributed by atoms with Crippen molar-refractivity contribution in [3.63, 3.8) is 0 Å². The average Bonchev–Trinajstić information content (AvgIpc) is 2.85. The number of halogens is 1. The standard InChI is InChI=1S/C21H19ClN4O2/c22-15-7-5-6-14(10-15)17-19(11-23,12-24)20(13-25)16-8-3-1-2-4-9-21(16,27-17)28-18(20)26/h5-7,10,16-17,26H,1-4,8-9H2. The second kappa shape index (κ2) is 6.49. The lowest BCUT2D eigenvalue weighted by molar-refractivity contribution is -0.289. The third-order valence-electron chi connectivity index (χ3n) is 6.47. The fourth-order valence-corrected chi connectivity index (χ4v) is 5.38. The molecule has 1 N–H and O–H groups in total. The topological polar surface area (TPSA) is 114 Å². The quantitative estimate of drug-likeness (QED) is 0.745. The Balaban J connectivity index is 1.99. The predicted octanol–water partition coefficient (Wildman–Crippen LogP) is 4.63. The third kappa shape index (κ3) is 2.18. The van der Waals surface area contributed by atoms with Crippen LogP contribution in [0.25, 0.3) is 0 Å². The molecule has 1 aromatic rings. The lowest BCUT2D eigenvalue weighted by Crippen LogP contribution is -2.59. The number of rotatable bonds is 1. The molecule has 4 unspecified atom stereocenters. The lowest BCUT2D eigenvalue weighted by atomic mass is 9.52. The van der Waals surface area contributed by atoms with E-state index in [-0.39, 0.29) is 5.90 Å². The minimum Gasteiger partial charge on any atom is -0.447 e. The molecule has 4 rings (SSSR count). The number of hydrogen-bond acceptors (Lipinski definition) is 6. The van der Waals surface area contributed by atoms with Crippen LogP contribution in [-0.4, -0.2) is 11.7 Å². The Bertz CT molecular complexity index is 944. The summed E-state index contributed by atoms with van der Waals surface area (Å²) in [4.78, 5) is 0. The van der Waals surface area contributed by atoms with Gasteiger partial charge in [-0.05, 0) is 30.5 Å². The molecule has 0 amide bonds. The van der Waals surface area contributed by atoms with Crippen molar-refractivity contribution in [2.45, 2.75) is 50.4 Å². The number of hydrogen-bond donors (Lipinski definition) is 1. The molecule has 2 heterocycles. The normalized spacial score (nSPS) is 35.9. The van der Waals surface area contributed by atoms with Crippen molar-refractivity contribution in [3.8, 4) is 18.2 Å². The Morgan fingerprint density at radius 1 is 1.07 bits per heavy atom. The molecular formula is C21H19ClN4O2. The van der Waals surface area contributed by atoms with Crippen LogP contribution in [-0.2, 0) is 9.47 Å². The Hall–Kier alpha value is -2.59. The molecule has 4 atom stereocenters. The van der Waals surface area contributed by atoms with Crippen LogP contribution < -0.4 is 0 Å². The van der Waals surface area contributed by atoms with Gasteiger partial charge in [-0.3, -0.25) is 5.41 Å².